The molecule has 0 unspecified atom stereocenters. The minimum absolute atomic E-state index is 0.180. The van der Waals surface area contributed by atoms with Crippen LogP contribution in [0.5, 0.6) is 11.5 Å². The summed E-state index contributed by atoms with van der Waals surface area (Å²) in [5.74, 6) is 1.07. The number of phenolic OH excluding ortho intramolecular Hbond substituents is 1. The van der Waals surface area contributed by atoms with Gasteiger partial charge in [0.25, 0.3) is 0 Å². The van der Waals surface area contributed by atoms with Crippen molar-refractivity contribution >= 4 is 10.8 Å². The third-order valence-electron chi connectivity index (χ3n) is 4.73. The van der Waals surface area contributed by atoms with Gasteiger partial charge in [-0.15, -0.1) is 0 Å². The van der Waals surface area contributed by atoms with Crippen molar-refractivity contribution in [1.82, 2.24) is 0 Å². The molecular weight excluding hydrogens is 300 g/mol. The molecule has 128 valence electrons. The SMILES string of the molecule is CO[C@H]1c2c(C)ccc3cc(C(C)C)c(O)c(c23)O[C@H]1C=C(C)C. The summed E-state index contributed by atoms with van der Waals surface area (Å²) < 4.78 is 12.0. The van der Waals surface area contributed by atoms with Gasteiger partial charge >= 0.3 is 0 Å². The van der Waals surface area contributed by atoms with Gasteiger partial charge in [0.1, 0.15) is 12.2 Å². The van der Waals surface area contributed by atoms with Gasteiger partial charge in [-0.3, -0.25) is 0 Å². The van der Waals surface area contributed by atoms with E-state index in [4.69, 9.17) is 9.47 Å². The third kappa shape index (κ3) is 2.57. The van der Waals surface area contributed by atoms with E-state index < -0.39 is 0 Å². The number of aryl methyl sites for hydroxylation is 1. The minimum Gasteiger partial charge on any atom is -0.504 e. The monoisotopic (exact) mass is 326 g/mol. The molecule has 2 atom stereocenters. The summed E-state index contributed by atoms with van der Waals surface area (Å²) in [5.41, 5.74) is 4.35. The van der Waals surface area contributed by atoms with Gasteiger partial charge in [-0.1, -0.05) is 31.6 Å². The summed E-state index contributed by atoms with van der Waals surface area (Å²) in [5, 5.41) is 12.9. The van der Waals surface area contributed by atoms with Gasteiger partial charge in [-0.25, -0.2) is 0 Å². The molecule has 1 aliphatic heterocycles. The number of rotatable bonds is 3. The van der Waals surface area contributed by atoms with E-state index in [1.807, 2.05) is 13.8 Å². The molecule has 2 aromatic rings. The molecule has 0 aromatic heterocycles. The second kappa shape index (κ2) is 6.14. The van der Waals surface area contributed by atoms with E-state index in [0.717, 1.165) is 33.0 Å². The average molecular weight is 326 g/mol. The summed E-state index contributed by atoms with van der Waals surface area (Å²) in [6, 6.07) is 6.29. The fourth-order valence-electron chi connectivity index (χ4n) is 3.59. The van der Waals surface area contributed by atoms with Crippen molar-refractivity contribution in [2.75, 3.05) is 7.11 Å². The van der Waals surface area contributed by atoms with Crippen molar-refractivity contribution in [2.45, 2.75) is 52.7 Å². The number of allylic oxidation sites excluding steroid dienone is 1. The lowest BCUT2D eigenvalue weighted by Gasteiger charge is -2.34. The van der Waals surface area contributed by atoms with Crippen LogP contribution in [0.3, 0.4) is 0 Å². The van der Waals surface area contributed by atoms with Crippen LogP contribution in [-0.4, -0.2) is 18.3 Å². The highest BCUT2D eigenvalue weighted by Gasteiger charge is 2.34. The number of ether oxygens (including phenoxy) is 2. The number of phenols is 1. The first-order chi connectivity index (χ1) is 11.3. The second-order valence-corrected chi connectivity index (χ2v) is 7.18. The van der Waals surface area contributed by atoms with E-state index in [9.17, 15) is 5.11 Å². The molecule has 0 spiro atoms. The van der Waals surface area contributed by atoms with Crippen molar-refractivity contribution in [2.24, 2.45) is 0 Å². The molecule has 1 aliphatic rings. The minimum atomic E-state index is -0.245. The molecule has 0 saturated heterocycles. The highest BCUT2D eigenvalue weighted by atomic mass is 16.5. The van der Waals surface area contributed by atoms with Crippen molar-refractivity contribution in [3.63, 3.8) is 0 Å². The third-order valence-corrected chi connectivity index (χ3v) is 4.73. The van der Waals surface area contributed by atoms with Crippen LogP contribution in [0.25, 0.3) is 10.8 Å². The Kier molecular flexibility index (Phi) is 4.31. The first-order valence-corrected chi connectivity index (χ1v) is 8.48. The van der Waals surface area contributed by atoms with Crippen molar-refractivity contribution < 1.29 is 14.6 Å². The van der Waals surface area contributed by atoms with Crippen molar-refractivity contribution in [1.29, 1.82) is 0 Å². The molecule has 0 bridgehead atoms. The van der Waals surface area contributed by atoms with Crippen molar-refractivity contribution in [3.8, 4) is 11.5 Å². The van der Waals surface area contributed by atoms with Gasteiger partial charge in [0, 0.05) is 18.1 Å². The average Bonchev–Trinajstić information content (AvgIpc) is 2.51. The molecule has 0 saturated carbocycles. The predicted octanol–water partition coefficient (Wildman–Crippen LogP) is 5.39. The molecule has 3 heteroatoms. The van der Waals surface area contributed by atoms with Crippen LogP contribution in [0, 0.1) is 6.92 Å². The summed E-state index contributed by atoms with van der Waals surface area (Å²) >= 11 is 0. The molecule has 24 heavy (non-hydrogen) atoms. The maximum Gasteiger partial charge on any atom is 0.170 e. The summed E-state index contributed by atoms with van der Waals surface area (Å²) in [6.07, 6.45) is 1.64. The number of hydrogen-bond donors (Lipinski definition) is 1. The van der Waals surface area contributed by atoms with Crippen LogP contribution in [0.4, 0.5) is 0 Å². The molecule has 0 amide bonds. The van der Waals surface area contributed by atoms with Crippen LogP contribution < -0.4 is 4.74 Å². The standard InChI is InChI=1S/C21H26O3/c1-11(2)9-16-20(23-6)17-13(5)7-8-14-10-15(12(3)4)19(22)21(24-16)18(14)17/h7-10,12,16,20,22H,1-6H3/t16-,20+/m0/s1. The highest BCUT2D eigenvalue weighted by Crippen LogP contribution is 2.49. The largest absolute Gasteiger partial charge is 0.504 e. The Hall–Kier alpha value is -2.00. The maximum absolute atomic E-state index is 10.8. The number of methoxy groups -OCH3 is 1. The van der Waals surface area contributed by atoms with Crippen LogP contribution in [0.15, 0.2) is 29.8 Å². The first-order valence-electron chi connectivity index (χ1n) is 8.48. The van der Waals surface area contributed by atoms with Gasteiger partial charge in [-0.05, 0) is 55.3 Å². The lowest BCUT2D eigenvalue weighted by Crippen LogP contribution is -2.29. The molecule has 0 radical (unpaired) electrons. The number of aromatic hydroxyl groups is 1. The molecule has 0 aliphatic carbocycles. The Bertz CT molecular complexity index is 814. The van der Waals surface area contributed by atoms with Gasteiger partial charge in [0.05, 0.1) is 0 Å². The molecule has 3 nitrogen and oxygen atoms in total. The Morgan fingerprint density at radius 1 is 1.29 bits per heavy atom. The highest BCUT2D eigenvalue weighted by molar-refractivity contribution is 5.96. The Labute approximate surface area is 143 Å². The van der Waals surface area contributed by atoms with E-state index in [0.29, 0.717) is 5.75 Å². The van der Waals surface area contributed by atoms with E-state index in [1.165, 1.54) is 0 Å². The number of benzene rings is 2. The lowest BCUT2D eigenvalue weighted by molar-refractivity contribution is 0.0172. The summed E-state index contributed by atoms with van der Waals surface area (Å²) in [7, 11) is 1.71. The number of hydrogen-bond acceptors (Lipinski definition) is 3. The molecule has 0 fully saturated rings. The fourth-order valence-corrected chi connectivity index (χ4v) is 3.59. The quantitative estimate of drug-likeness (QED) is 0.768. The molecular formula is C21H26O3. The Morgan fingerprint density at radius 2 is 2.00 bits per heavy atom. The van der Waals surface area contributed by atoms with Gasteiger partial charge < -0.3 is 14.6 Å². The molecule has 1 heterocycles. The van der Waals surface area contributed by atoms with Gasteiger partial charge in [-0.2, -0.15) is 0 Å². The maximum atomic E-state index is 10.8. The lowest BCUT2D eigenvalue weighted by atomic mass is 9.87. The molecule has 1 N–H and O–H groups in total. The van der Waals surface area contributed by atoms with Crippen LogP contribution in [0.1, 0.15) is 56.4 Å². The van der Waals surface area contributed by atoms with Gasteiger partial charge in [0.15, 0.2) is 11.5 Å². The van der Waals surface area contributed by atoms with E-state index in [2.05, 4.69) is 45.0 Å². The Balaban J connectivity index is 2.37. The van der Waals surface area contributed by atoms with E-state index in [1.54, 1.807) is 7.11 Å². The van der Waals surface area contributed by atoms with Crippen LogP contribution in [0.2, 0.25) is 0 Å². The smallest absolute Gasteiger partial charge is 0.170 e. The zero-order valence-corrected chi connectivity index (χ0v) is 15.3. The Morgan fingerprint density at radius 3 is 2.58 bits per heavy atom. The zero-order chi connectivity index (χ0) is 17.6. The summed E-state index contributed by atoms with van der Waals surface area (Å²) in [6.45, 7) is 10.3. The topological polar surface area (TPSA) is 38.7 Å². The van der Waals surface area contributed by atoms with E-state index >= 15 is 0 Å². The predicted molar refractivity (Wildman–Crippen MR) is 98.0 cm³/mol. The molecule has 2 aromatic carbocycles. The summed E-state index contributed by atoms with van der Waals surface area (Å²) in [4.78, 5) is 0. The fraction of sp³-hybridized carbons (Fsp3) is 0.429. The van der Waals surface area contributed by atoms with Crippen molar-refractivity contribution in [3.05, 3.63) is 46.5 Å². The second-order valence-electron chi connectivity index (χ2n) is 7.18. The zero-order valence-electron chi connectivity index (χ0n) is 15.3. The van der Waals surface area contributed by atoms with Crippen LogP contribution >= 0.6 is 0 Å². The molecule has 3 rings (SSSR count). The van der Waals surface area contributed by atoms with Gasteiger partial charge in [0.2, 0.25) is 0 Å². The van der Waals surface area contributed by atoms with Crippen LogP contribution in [-0.2, 0) is 4.74 Å². The normalized spacial score (nSPS) is 19.5. The van der Waals surface area contributed by atoms with E-state index in [-0.39, 0.29) is 23.9 Å². The first kappa shape index (κ1) is 16.8.